The average molecular weight is 270 g/mol. The van der Waals surface area contributed by atoms with E-state index in [2.05, 4.69) is 11.8 Å². The van der Waals surface area contributed by atoms with Crippen LogP contribution < -0.4 is 11.1 Å². The maximum Gasteiger partial charge on any atom is 0.405 e. The second kappa shape index (κ2) is 6.25. The van der Waals surface area contributed by atoms with Gasteiger partial charge in [-0.25, -0.2) is 0 Å². The number of hydrogen-bond acceptors (Lipinski definition) is 2. The summed E-state index contributed by atoms with van der Waals surface area (Å²) in [6.07, 6.45) is -4.43. The molecule has 0 radical (unpaired) electrons. The highest BCUT2D eigenvalue weighted by Gasteiger charge is 2.28. The first-order valence-corrected chi connectivity index (χ1v) is 5.48. The molecule has 0 saturated heterocycles. The Labute approximate surface area is 109 Å². The molecule has 0 atom stereocenters. The van der Waals surface area contributed by atoms with Gasteiger partial charge < -0.3 is 11.1 Å². The van der Waals surface area contributed by atoms with Gasteiger partial charge in [0.25, 0.3) is 5.91 Å². The standard InChI is InChI=1S/C13H13F3N2O/c1-9-4-5-10(3-2-6-17)7-11(9)12(19)18-8-13(14,15)16/h4-5,7H,6,8,17H2,1H3,(H,18,19). The summed E-state index contributed by atoms with van der Waals surface area (Å²) in [7, 11) is 0. The smallest absolute Gasteiger partial charge is 0.343 e. The van der Waals surface area contributed by atoms with Gasteiger partial charge in [-0.3, -0.25) is 4.79 Å². The molecule has 1 rings (SSSR count). The zero-order valence-corrected chi connectivity index (χ0v) is 10.3. The molecule has 0 aliphatic heterocycles. The molecule has 1 aromatic rings. The van der Waals surface area contributed by atoms with Crippen LogP contribution in [0.2, 0.25) is 0 Å². The molecule has 0 saturated carbocycles. The summed E-state index contributed by atoms with van der Waals surface area (Å²) in [5.74, 6) is 4.56. The number of aryl methyl sites for hydroxylation is 1. The van der Waals surface area contributed by atoms with Crippen LogP contribution in [-0.4, -0.2) is 25.2 Å². The third kappa shape index (κ3) is 5.02. The van der Waals surface area contributed by atoms with Crippen molar-refractivity contribution < 1.29 is 18.0 Å². The number of carbonyl (C=O) groups is 1. The quantitative estimate of drug-likeness (QED) is 0.802. The fourth-order valence-electron chi connectivity index (χ4n) is 1.37. The topological polar surface area (TPSA) is 55.1 Å². The van der Waals surface area contributed by atoms with Crippen molar-refractivity contribution >= 4 is 5.91 Å². The summed E-state index contributed by atoms with van der Waals surface area (Å²) in [6, 6.07) is 4.76. The Hall–Kier alpha value is -2.00. The summed E-state index contributed by atoms with van der Waals surface area (Å²) >= 11 is 0. The lowest BCUT2D eigenvalue weighted by Gasteiger charge is -2.10. The molecule has 0 aliphatic rings. The predicted octanol–water partition coefficient (Wildman–Crippen LogP) is 1.60. The van der Waals surface area contributed by atoms with Crippen LogP contribution in [-0.2, 0) is 0 Å². The Morgan fingerprint density at radius 3 is 2.68 bits per heavy atom. The van der Waals surface area contributed by atoms with Crippen LogP contribution >= 0.6 is 0 Å². The van der Waals surface area contributed by atoms with E-state index in [9.17, 15) is 18.0 Å². The van der Waals surface area contributed by atoms with E-state index >= 15 is 0 Å². The number of rotatable bonds is 2. The van der Waals surface area contributed by atoms with Crippen LogP contribution in [0.15, 0.2) is 18.2 Å². The number of carbonyl (C=O) groups excluding carboxylic acids is 1. The number of hydrogen-bond donors (Lipinski definition) is 2. The third-order valence-corrected chi connectivity index (χ3v) is 2.27. The van der Waals surface area contributed by atoms with Crippen molar-refractivity contribution in [2.24, 2.45) is 5.73 Å². The maximum absolute atomic E-state index is 12.0. The summed E-state index contributed by atoms with van der Waals surface area (Å²) in [5.41, 5.74) is 6.51. The fourth-order valence-corrected chi connectivity index (χ4v) is 1.37. The largest absolute Gasteiger partial charge is 0.405 e. The van der Waals surface area contributed by atoms with Gasteiger partial charge in [0.15, 0.2) is 0 Å². The first-order chi connectivity index (χ1) is 8.83. The number of nitrogens with two attached hydrogens (primary N) is 1. The highest BCUT2D eigenvalue weighted by Crippen LogP contribution is 2.14. The van der Waals surface area contributed by atoms with Gasteiger partial charge >= 0.3 is 6.18 Å². The van der Waals surface area contributed by atoms with E-state index in [1.165, 1.54) is 6.07 Å². The number of nitrogens with one attached hydrogen (secondary N) is 1. The van der Waals surface area contributed by atoms with Gasteiger partial charge in [-0.05, 0) is 24.6 Å². The molecular formula is C13H13F3N2O. The maximum atomic E-state index is 12.0. The molecule has 6 heteroatoms. The number of benzene rings is 1. The van der Waals surface area contributed by atoms with Crippen LogP contribution in [0.5, 0.6) is 0 Å². The van der Waals surface area contributed by atoms with E-state index in [1.807, 2.05) is 5.32 Å². The highest BCUT2D eigenvalue weighted by molar-refractivity contribution is 5.96. The van der Waals surface area contributed by atoms with Gasteiger partial charge in [0.05, 0.1) is 6.54 Å². The van der Waals surface area contributed by atoms with Crippen molar-refractivity contribution in [3.63, 3.8) is 0 Å². The van der Waals surface area contributed by atoms with Crippen LogP contribution in [0.1, 0.15) is 21.5 Å². The fraction of sp³-hybridized carbons (Fsp3) is 0.308. The molecule has 0 heterocycles. The van der Waals surface area contributed by atoms with Crippen molar-refractivity contribution in [3.05, 3.63) is 34.9 Å². The second-order valence-corrected chi connectivity index (χ2v) is 3.83. The van der Waals surface area contributed by atoms with Gasteiger partial charge in [0, 0.05) is 11.1 Å². The zero-order chi connectivity index (χ0) is 14.5. The van der Waals surface area contributed by atoms with Gasteiger partial charge in [0.2, 0.25) is 0 Å². The van der Waals surface area contributed by atoms with Crippen LogP contribution in [0.4, 0.5) is 13.2 Å². The summed E-state index contributed by atoms with van der Waals surface area (Å²) < 4.78 is 36.1. The second-order valence-electron chi connectivity index (χ2n) is 3.83. The van der Waals surface area contributed by atoms with E-state index in [4.69, 9.17) is 5.73 Å². The molecule has 0 bridgehead atoms. The third-order valence-electron chi connectivity index (χ3n) is 2.27. The molecule has 3 nitrogen and oxygen atoms in total. The van der Waals surface area contributed by atoms with Crippen molar-refractivity contribution in [1.29, 1.82) is 0 Å². The molecule has 0 aromatic heterocycles. The van der Waals surface area contributed by atoms with Gasteiger partial charge in [-0.1, -0.05) is 17.9 Å². The lowest BCUT2D eigenvalue weighted by Crippen LogP contribution is -2.34. The minimum atomic E-state index is -4.43. The monoisotopic (exact) mass is 270 g/mol. The Morgan fingerprint density at radius 1 is 1.42 bits per heavy atom. The summed E-state index contributed by atoms with van der Waals surface area (Å²) in [5, 5.41) is 1.83. The average Bonchev–Trinajstić information content (AvgIpc) is 2.34. The molecule has 1 aromatic carbocycles. The minimum absolute atomic E-state index is 0.170. The van der Waals surface area contributed by atoms with Crippen molar-refractivity contribution in [2.45, 2.75) is 13.1 Å². The van der Waals surface area contributed by atoms with Crippen LogP contribution in [0.25, 0.3) is 0 Å². The first kappa shape index (κ1) is 15.1. The van der Waals surface area contributed by atoms with E-state index in [-0.39, 0.29) is 12.1 Å². The highest BCUT2D eigenvalue weighted by atomic mass is 19.4. The van der Waals surface area contributed by atoms with Crippen LogP contribution in [0.3, 0.4) is 0 Å². The lowest BCUT2D eigenvalue weighted by molar-refractivity contribution is -0.123. The zero-order valence-electron chi connectivity index (χ0n) is 10.3. The Kier molecular flexibility index (Phi) is 4.95. The number of halogens is 3. The summed E-state index contributed by atoms with van der Waals surface area (Å²) in [6.45, 7) is 0.454. The summed E-state index contributed by atoms with van der Waals surface area (Å²) in [4.78, 5) is 11.7. The molecule has 19 heavy (non-hydrogen) atoms. The predicted molar refractivity (Wildman–Crippen MR) is 65.5 cm³/mol. The molecule has 0 fully saturated rings. The Morgan fingerprint density at radius 2 is 2.11 bits per heavy atom. The van der Waals surface area contributed by atoms with Crippen molar-refractivity contribution in [1.82, 2.24) is 5.32 Å². The molecule has 1 amide bonds. The molecule has 0 aliphatic carbocycles. The molecule has 102 valence electrons. The molecule has 0 spiro atoms. The Balaban J connectivity index is 2.89. The molecular weight excluding hydrogens is 257 g/mol. The Bertz CT molecular complexity index is 527. The van der Waals surface area contributed by atoms with E-state index in [1.54, 1.807) is 19.1 Å². The SMILES string of the molecule is Cc1ccc(C#CCN)cc1C(=O)NCC(F)(F)F. The van der Waals surface area contributed by atoms with E-state index in [0.29, 0.717) is 11.1 Å². The molecule has 3 N–H and O–H groups in total. The minimum Gasteiger partial charge on any atom is -0.343 e. The number of amides is 1. The molecule has 0 unspecified atom stereocenters. The van der Waals surface area contributed by atoms with Crippen molar-refractivity contribution in [2.75, 3.05) is 13.1 Å². The normalized spacial score (nSPS) is 10.6. The van der Waals surface area contributed by atoms with Crippen molar-refractivity contribution in [3.8, 4) is 11.8 Å². The first-order valence-electron chi connectivity index (χ1n) is 5.48. The number of alkyl halides is 3. The van der Waals surface area contributed by atoms with Gasteiger partial charge in [-0.15, -0.1) is 0 Å². The van der Waals surface area contributed by atoms with Gasteiger partial charge in [-0.2, -0.15) is 13.2 Å². The van der Waals surface area contributed by atoms with Gasteiger partial charge in [0.1, 0.15) is 6.54 Å². The van der Waals surface area contributed by atoms with Crippen LogP contribution in [0, 0.1) is 18.8 Å². The van der Waals surface area contributed by atoms with E-state index < -0.39 is 18.6 Å². The van der Waals surface area contributed by atoms with E-state index in [0.717, 1.165) is 0 Å². The lowest BCUT2D eigenvalue weighted by atomic mass is 10.0.